The molecule has 1 atom stereocenters. The molecule has 0 aromatic carbocycles. The Kier molecular flexibility index (Phi) is 3.60. The Hall–Kier alpha value is -0.410. The van der Waals surface area contributed by atoms with Crippen LogP contribution < -0.4 is 5.32 Å². The van der Waals surface area contributed by atoms with Crippen LogP contribution in [0.5, 0.6) is 0 Å². The molecule has 2 aliphatic rings. The Morgan fingerprint density at radius 3 is 2.94 bits per heavy atom. The van der Waals surface area contributed by atoms with Gasteiger partial charge in [-0.2, -0.15) is 18.2 Å². The lowest BCUT2D eigenvalue weighted by Crippen LogP contribution is -2.36. The average molecular weight is 333 g/mol. The molecule has 1 unspecified atom stereocenters. The molecule has 4 nitrogen and oxygen atoms in total. The third-order valence-electron chi connectivity index (χ3n) is 2.25. The van der Waals surface area contributed by atoms with E-state index in [2.05, 4.69) is 26.1 Å². The number of carbonyl (C=O) groups is 1. The predicted molar refractivity (Wildman–Crippen MR) is 58.8 cm³/mol. The molecule has 0 radical (unpaired) electrons. The van der Waals surface area contributed by atoms with E-state index in [0.717, 1.165) is 9.97 Å². The van der Waals surface area contributed by atoms with Gasteiger partial charge in [-0.3, -0.25) is 0 Å². The molecule has 0 amide bonds. The number of alkyl halides is 4. The lowest BCUT2D eigenvalue weighted by molar-refractivity contribution is -0.230. The first kappa shape index (κ1) is 13.0. The smallest absolute Gasteiger partial charge is 0.331 e. The maximum atomic E-state index is 12.1. The number of thioether (sulfide) groups is 1. The van der Waals surface area contributed by atoms with Crippen molar-refractivity contribution in [3.63, 3.8) is 0 Å². The van der Waals surface area contributed by atoms with Crippen LogP contribution >= 0.6 is 27.7 Å². The summed E-state index contributed by atoms with van der Waals surface area (Å²) in [4.78, 5) is 16.1. The highest BCUT2D eigenvalue weighted by Gasteiger charge is 2.45. The van der Waals surface area contributed by atoms with E-state index in [-0.39, 0.29) is 0 Å². The Morgan fingerprint density at radius 1 is 1.59 bits per heavy atom. The highest BCUT2D eigenvalue weighted by atomic mass is 79.9. The van der Waals surface area contributed by atoms with E-state index in [1.54, 1.807) is 0 Å². The van der Waals surface area contributed by atoms with Crippen LogP contribution in [0.3, 0.4) is 0 Å². The standard InChI is InChI=1S/C8H8BrF3N2O2S/c9-7-14(16-6(15)8(10,11)12)4-1-2-13-3-5(4)17-7/h7,13H,1-3H2. The van der Waals surface area contributed by atoms with Gasteiger partial charge in [-0.1, -0.05) is 11.8 Å². The topological polar surface area (TPSA) is 41.6 Å². The van der Waals surface area contributed by atoms with Gasteiger partial charge in [0.1, 0.15) is 0 Å². The van der Waals surface area contributed by atoms with Crippen LogP contribution in [-0.4, -0.2) is 34.6 Å². The first-order valence-corrected chi connectivity index (χ1v) is 6.51. The molecule has 0 aromatic heterocycles. The highest BCUT2D eigenvalue weighted by Crippen LogP contribution is 2.43. The maximum absolute atomic E-state index is 12.1. The van der Waals surface area contributed by atoms with Crippen molar-refractivity contribution >= 4 is 33.7 Å². The molecule has 9 heteroatoms. The van der Waals surface area contributed by atoms with E-state index in [4.69, 9.17) is 0 Å². The number of halogens is 4. The van der Waals surface area contributed by atoms with Gasteiger partial charge in [-0.05, 0) is 15.9 Å². The number of carbonyl (C=O) groups excluding carboxylic acids is 1. The molecular weight excluding hydrogens is 325 g/mol. The molecule has 96 valence electrons. The highest BCUT2D eigenvalue weighted by molar-refractivity contribution is 9.11. The average Bonchev–Trinajstić information content (AvgIpc) is 2.54. The molecule has 0 bridgehead atoms. The van der Waals surface area contributed by atoms with Gasteiger partial charge >= 0.3 is 12.1 Å². The van der Waals surface area contributed by atoms with Crippen molar-refractivity contribution in [2.75, 3.05) is 13.1 Å². The minimum Gasteiger partial charge on any atom is -0.331 e. The summed E-state index contributed by atoms with van der Waals surface area (Å²) >= 11 is 4.49. The zero-order valence-electron chi connectivity index (χ0n) is 8.38. The fraction of sp³-hybridized carbons (Fsp3) is 0.625. The third-order valence-corrected chi connectivity index (χ3v) is 4.23. The van der Waals surface area contributed by atoms with Crippen LogP contribution in [0.4, 0.5) is 13.2 Å². The van der Waals surface area contributed by atoms with Crippen molar-refractivity contribution in [3.8, 4) is 0 Å². The molecule has 2 aliphatic heterocycles. The van der Waals surface area contributed by atoms with Crippen LogP contribution in [0, 0.1) is 0 Å². The van der Waals surface area contributed by atoms with Gasteiger partial charge in [0.15, 0.2) is 4.28 Å². The molecule has 17 heavy (non-hydrogen) atoms. The van der Waals surface area contributed by atoms with E-state index >= 15 is 0 Å². The molecule has 2 heterocycles. The van der Waals surface area contributed by atoms with Gasteiger partial charge in [-0.25, -0.2) is 4.79 Å². The number of hydroxylamine groups is 2. The van der Waals surface area contributed by atoms with Gasteiger partial charge in [-0.15, -0.1) is 0 Å². The number of hydrogen-bond acceptors (Lipinski definition) is 5. The zero-order valence-corrected chi connectivity index (χ0v) is 10.8. The van der Waals surface area contributed by atoms with E-state index in [9.17, 15) is 18.0 Å². The molecule has 0 saturated heterocycles. The van der Waals surface area contributed by atoms with Gasteiger partial charge < -0.3 is 10.2 Å². The molecular formula is C8H8BrF3N2O2S. The van der Waals surface area contributed by atoms with Gasteiger partial charge in [0, 0.05) is 24.4 Å². The van der Waals surface area contributed by atoms with Crippen LogP contribution in [-0.2, 0) is 9.63 Å². The van der Waals surface area contributed by atoms with Crippen molar-refractivity contribution in [1.29, 1.82) is 0 Å². The Balaban J connectivity index is 2.10. The minimum atomic E-state index is -4.98. The molecule has 1 N–H and O–H groups in total. The van der Waals surface area contributed by atoms with E-state index < -0.39 is 16.4 Å². The van der Waals surface area contributed by atoms with Crippen molar-refractivity contribution in [2.45, 2.75) is 16.9 Å². The fourth-order valence-corrected chi connectivity index (χ4v) is 3.54. The summed E-state index contributed by atoms with van der Waals surface area (Å²) in [5.74, 6) is -2.20. The largest absolute Gasteiger partial charge is 0.493 e. The zero-order chi connectivity index (χ0) is 12.6. The molecule has 0 spiro atoms. The van der Waals surface area contributed by atoms with Crippen molar-refractivity contribution in [1.82, 2.24) is 10.4 Å². The molecule has 0 aliphatic carbocycles. The SMILES string of the molecule is O=C(ON1C2=C(CNCC2)SC1Br)C(F)(F)F. The number of nitrogens with zero attached hydrogens (tertiary/aromatic N) is 1. The maximum Gasteiger partial charge on any atom is 0.493 e. The summed E-state index contributed by atoms with van der Waals surface area (Å²) in [7, 11) is 0. The summed E-state index contributed by atoms with van der Waals surface area (Å²) in [5, 5.41) is 4.09. The van der Waals surface area contributed by atoms with Crippen LogP contribution in [0.2, 0.25) is 0 Å². The lowest BCUT2D eigenvalue weighted by Gasteiger charge is -2.25. The summed E-state index contributed by atoms with van der Waals surface area (Å²) in [6.45, 7) is 1.24. The fourth-order valence-electron chi connectivity index (χ4n) is 1.52. The third kappa shape index (κ3) is 2.71. The summed E-state index contributed by atoms with van der Waals surface area (Å²) < 4.78 is 35.8. The first-order chi connectivity index (χ1) is 7.89. The molecule has 0 fully saturated rings. The molecule has 0 saturated carbocycles. The molecule has 0 aromatic rings. The monoisotopic (exact) mass is 332 g/mol. The Bertz CT molecular complexity index is 374. The van der Waals surface area contributed by atoms with Gasteiger partial charge in [0.2, 0.25) is 0 Å². The van der Waals surface area contributed by atoms with E-state index in [0.29, 0.717) is 25.2 Å². The quantitative estimate of drug-likeness (QED) is 0.587. The predicted octanol–water partition coefficient (Wildman–Crippen LogP) is 1.94. The first-order valence-electron chi connectivity index (χ1n) is 4.71. The second kappa shape index (κ2) is 4.69. The second-order valence-corrected chi connectivity index (χ2v) is 6.06. The lowest BCUT2D eigenvalue weighted by atomic mass is 10.2. The summed E-state index contributed by atoms with van der Waals surface area (Å²) in [5.41, 5.74) is 0.633. The van der Waals surface area contributed by atoms with Crippen molar-refractivity contribution < 1.29 is 22.8 Å². The number of hydrogen-bond donors (Lipinski definition) is 1. The second-order valence-electron chi connectivity index (χ2n) is 3.41. The number of rotatable bonds is 1. The van der Waals surface area contributed by atoms with Crippen LogP contribution in [0.1, 0.15) is 6.42 Å². The Labute approximate surface area is 108 Å². The Morgan fingerprint density at radius 2 is 2.29 bits per heavy atom. The molecule has 2 rings (SSSR count). The van der Waals surface area contributed by atoms with Crippen LogP contribution in [0.15, 0.2) is 10.6 Å². The van der Waals surface area contributed by atoms with Crippen LogP contribution in [0.25, 0.3) is 0 Å². The van der Waals surface area contributed by atoms with E-state index in [1.807, 2.05) is 0 Å². The van der Waals surface area contributed by atoms with Crippen molar-refractivity contribution in [3.05, 3.63) is 10.6 Å². The summed E-state index contributed by atoms with van der Waals surface area (Å²) in [6, 6.07) is 0. The normalized spacial score (nSPS) is 24.9. The van der Waals surface area contributed by atoms with Gasteiger partial charge in [0.25, 0.3) is 0 Å². The minimum absolute atomic E-state index is 0.501. The number of nitrogens with one attached hydrogen (secondary N) is 1. The van der Waals surface area contributed by atoms with Crippen molar-refractivity contribution in [2.24, 2.45) is 0 Å². The van der Waals surface area contributed by atoms with Gasteiger partial charge in [0.05, 0.1) is 5.70 Å². The van der Waals surface area contributed by atoms with E-state index in [1.165, 1.54) is 11.8 Å². The summed E-state index contributed by atoms with van der Waals surface area (Å²) in [6.07, 6.45) is -4.44.